The molecule has 4 rings (SSSR count). The molecule has 15 atom stereocenters. The van der Waals surface area contributed by atoms with E-state index < -0.39 is 122 Å². The molecule has 0 radical (unpaired) electrons. The Bertz CT molecular complexity index is 1610. The Kier molecular flexibility index (Phi) is 19.1. The lowest BCUT2D eigenvalue weighted by molar-refractivity contribution is -0.345. The van der Waals surface area contributed by atoms with E-state index in [1.165, 1.54) is 31.8 Å². The van der Waals surface area contributed by atoms with Gasteiger partial charge >= 0.3 is 5.69 Å². The third-order valence-corrected chi connectivity index (χ3v) is 11.0. The molecule has 20 heteroatoms. The van der Waals surface area contributed by atoms with E-state index in [0.717, 1.165) is 49.4 Å². The third kappa shape index (κ3) is 13.4. The molecule has 3 aliphatic heterocycles. The van der Waals surface area contributed by atoms with E-state index in [0.29, 0.717) is 12.3 Å². The van der Waals surface area contributed by atoms with Gasteiger partial charge in [0.1, 0.15) is 60.9 Å². The minimum Gasteiger partial charge on any atom is -0.394 e. The average Bonchev–Trinajstić information content (AvgIpc) is 3.48. The SMILES string of the molecule is CC(=O)NC1C(OC2OC(CCC(O)C3OC(n4ccc(=O)[nH]c4=O)C(O)C3O)C(O)C(O)C2NC(=O)C=CCCCCCCCCCC(C)C)OC(CO)C(O)C1O. The summed E-state index contributed by atoms with van der Waals surface area (Å²) in [5.41, 5.74) is -1.63. The first-order valence-electron chi connectivity index (χ1n) is 20.6. The van der Waals surface area contributed by atoms with Crippen LogP contribution in [0.5, 0.6) is 0 Å². The number of carbonyl (C=O) groups excluding carboxylic acids is 2. The largest absolute Gasteiger partial charge is 0.394 e. The third-order valence-electron chi connectivity index (χ3n) is 11.0. The van der Waals surface area contributed by atoms with Crippen LogP contribution in [0.15, 0.2) is 34.0 Å². The van der Waals surface area contributed by atoms with Crippen molar-refractivity contribution in [3.8, 4) is 0 Å². The van der Waals surface area contributed by atoms with Crippen LogP contribution in [0.1, 0.15) is 97.6 Å². The van der Waals surface area contributed by atoms with Crippen molar-refractivity contribution in [1.29, 1.82) is 0 Å². The summed E-state index contributed by atoms with van der Waals surface area (Å²) in [5.74, 6) is -0.589. The highest BCUT2D eigenvalue weighted by molar-refractivity contribution is 5.87. The van der Waals surface area contributed by atoms with Gasteiger partial charge in [0.25, 0.3) is 5.56 Å². The van der Waals surface area contributed by atoms with Gasteiger partial charge in [-0.3, -0.25) is 23.9 Å². The first kappa shape index (κ1) is 48.5. The molecule has 20 nitrogen and oxygen atoms in total. The number of unbranched alkanes of at least 4 members (excludes halogenated alkanes) is 7. The van der Waals surface area contributed by atoms with Crippen molar-refractivity contribution in [3.05, 3.63) is 45.3 Å². The van der Waals surface area contributed by atoms with Crippen LogP contribution in [0.2, 0.25) is 0 Å². The van der Waals surface area contributed by atoms with Gasteiger partial charge in [0, 0.05) is 19.2 Å². The van der Waals surface area contributed by atoms with E-state index in [2.05, 4.69) is 24.5 Å². The van der Waals surface area contributed by atoms with Crippen molar-refractivity contribution in [2.75, 3.05) is 6.61 Å². The Morgan fingerprint density at radius 1 is 0.814 bits per heavy atom. The number of aliphatic hydroxyl groups excluding tert-OH is 8. The van der Waals surface area contributed by atoms with Crippen LogP contribution in [-0.4, -0.2) is 155 Å². The molecule has 0 spiro atoms. The lowest BCUT2D eigenvalue weighted by Gasteiger charge is -2.47. The molecule has 0 saturated carbocycles. The number of rotatable bonds is 21. The molecule has 15 unspecified atom stereocenters. The second-order valence-electron chi connectivity index (χ2n) is 16.1. The molecule has 4 heterocycles. The number of hydrogen-bond donors (Lipinski definition) is 11. The second-order valence-corrected chi connectivity index (χ2v) is 16.1. The van der Waals surface area contributed by atoms with Crippen LogP contribution < -0.4 is 21.9 Å². The van der Waals surface area contributed by atoms with Crippen LogP contribution in [0.25, 0.3) is 0 Å². The standard InChI is InChI=1S/C39H64N4O16/c1-20(2)13-11-9-7-5-4-6-8-10-12-14-25(47)41-28-32(52)29(49)23(56-38(28)59-37-27(40-21(3)45)31(51)30(50)24(19-44)57-37)16-15-22(46)35-33(53)34(54)36(58-35)43-18-17-26(48)42-39(43)55/h12,14,17-18,20,22-24,27-38,44,46,49-54H,4-11,13,15-16,19H2,1-3H3,(H,40,45)(H,41,47)(H,42,48,55). The zero-order valence-electron chi connectivity index (χ0n) is 33.8. The van der Waals surface area contributed by atoms with E-state index in [-0.39, 0.29) is 12.8 Å². The Labute approximate surface area is 342 Å². The number of ether oxygens (including phenoxy) is 4. The number of aliphatic hydroxyl groups is 8. The molecular formula is C39H64N4O16. The summed E-state index contributed by atoms with van der Waals surface area (Å²) in [6, 6.07) is -1.90. The number of amides is 2. The molecule has 3 aliphatic rings. The fourth-order valence-corrected chi connectivity index (χ4v) is 7.62. The van der Waals surface area contributed by atoms with E-state index in [9.17, 15) is 60.0 Å². The molecule has 59 heavy (non-hydrogen) atoms. The summed E-state index contributed by atoms with van der Waals surface area (Å²) >= 11 is 0. The van der Waals surface area contributed by atoms with Gasteiger partial charge < -0.3 is 70.4 Å². The zero-order chi connectivity index (χ0) is 43.4. The molecule has 336 valence electrons. The maximum atomic E-state index is 13.1. The summed E-state index contributed by atoms with van der Waals surface area (Å²) in [5, 5.41) is 91.1. The van der Waals surface area contributed by atoms with Gasteiger partial charge in [0.05, 0.1) is 18.8 Å². The highest BCUT2D eigenvalue weighted by Gasteiger charge is 2.52. The zero-order valence-corrected chi connectivity index (χ0v) is 33.8. The van der Waals surface area contributed by atoms with E-state index >= 15 is 0 Å². The van der Waals surface area contributed by atoms with E-state index in [1.54, 1.807) is 6.08 Å². The topological polar surface area (TPSA) is 312 Å². The maximum Gasteiger partial charge on any atom is 0.330 e. The summed E-state index contributed by atoms with van der Waals surface area (Å²) in [6.45, 7) is 4.83. The molecule has 0 aliphatic carbocycles. The average molecular weight is 845 g/mol. The highest BCUT2D eigenvalue weighted by atomic mass is 16.8. The molecule has 0 bridgehead atoms. The fourth-order valence-electron chi connectivity index (χ4n) is 7.62. The quantitative estimate of drug-likeness (QED) is 0.0467. The van der Waals surface area contributed by atoms with Crippen LogP contribution in [-0.2, 0) is 28.5 Å². The molecule has 1 aromatic heterocycles. The molecular weight excluding hydrogens is 780 g/mol. The monoisotopic (exact) mass is 844 g/mol. The van der Waals surface area contributed by atoms with Crippen molar-refractivity contribution in [3.63, 3.8) is 0 Å². The smallest absolute Gasteiger partial charge is 0.330 e. The first-order valence-corrected chi connectivity index (χ1v) is 20.6. The van der Waals surface area contributed by atoms with E-state index in [4.69, 9.17) is 18.9 Å². The van der Waals surface area contributed by atoms with Gasteiger partial charge in [-0.15, -0.1) is 0 Å². The Balaban J connectivity index is 1.43. The molecule has 0 aromatic carbocycles. The van der Waals surface area contributed by atoms with Crippen molar-refractivity contribution in [2.45, 2.75) is 183 Å². The second kappa shape index (κ2) is 23.2. The lowest BCUT2D eigenvalue weighted by Crippen LogP contribution is -2.68. The number of nitrogens with zero attached hydrogens (tertiary/aromatic N) is 1. The van der Waals surface area contributed by atoms with Gasteiger partial charge in [-0.25, -0.2) is 4.79 Å². The summed E-state index contributed by atoms with van der Waals surface area (Å²) in [7, 11) is 0. The number of aromatic amines is 1. The fraction of sp³-hybridized carbons (Fsp3) is 0.795. The number of aromatic nitrogens is 2. The lowest BCUT2D eigenvalue weighted by atomic mass is 9.91. The molecule has 1 aromatic rings. The van der Waals surface area contributed by atoms with Crippen LogP contribution >= 0.6 is 0 Å². The first-order chi connectivity index (χ1) is 28.0. The van der Waals surface area contributed by atoms with Gasteiger partial charge in [-0.2, -0.15) is 0 Å². The molecule has 2 amide bonds. The molecule has 11 N–H and O–H groups in total. The number of hydrogen-bond acceptors (Lipinski definition) is 16. The van der Waals surface area contributed by atoms with Crippen LogP contribution in [0.4, 0.5) is 0 Å². The molecule has 3 fully saturated rings. The normalized spacial score (nSPS) is 34.3. The van der Waals surface area contributed by atoms with Crippen LogP contribution in [0, 0.1) is 5.92 Å². The Morgan fingerprint density at radius 2 is 1.41 bits per heavy atom. The number of nitrogens with one attached hydrogen (secondary N) is 3. The minimum absolute atomic E-state index is 0.245. The highest BCUT2D eigenvalue weighted by Crippen LogP contribution is 2.34. The number of carbonyl (C=O) groups is 2. The number of H-pyrrole nitrogens is 1. The summed E-state index contributed by atoms with van der Waals surface area (Å²) in [4.78, 5) is 51.0. The van der Waals surface area contributed by atoms with Gasteiger partial charge in [-0.05, 0) is 37.7 Å². The van der Waals surface area contributed by atoms with Gasteiger partial charge in [-0.1, -0.05) is 64.9 Å². The van der Waals surface area contributed by atoms with Crippen molar-refractivity contribution in [2.24, 2.45) is 5.92 Å². The summed E-state index contributed by atoms with van der Waals surface area (Å²) < 4.78 is 24.2. The van der Waals surface area contributed by atoms with Crippen molar-refractivity contribution >= 4 is 11.8 Å². The van der Waals surface area contributed by atoms with Crippen LogP contribution in [0.3, 0.4) is 0 Å². The number of allylic oxidation sites excluding steroid dienone is 1. The van der Waals surface area contributed by atoms with Gasteiger partial charge in [0.2, 0.25) is 11.8 Å². The maximum absolute atomic E-state index is 13.1. The summed E-state index contributed by atoms with van der Waals surface area (Å²) in [6.07, 6.45) is -7.60. The Hall–Kier alpha value is -3.12. The predicted molar refractivity (Wildman–Crippen MR) is 207 cm³/mol. The van der Waals surface area contributed by atoms with E-state index in [1.807, 2.05) is 4.98 Å². The van der Waals surface area contributed by atoms with Gasteiger partial charge in [0.15, 0.2) is 18.8 Å². The molecule has 3 saturated heterocycles. The Morgan fingerprint density at radius 3 is 2.02 bits per heavy atom. The van der Waals surface area contributed by atoms with Crippen molar-refractivity contribution in [1.82, 2.24) is 20.2 Å². The minimum atomic E-state index is -1.77. The predicted octanol–water partition coefficient (Wildman–Crippen LogP) is -2.09. The van der Waals surface area contributed by atoms with Crippen molar-refractivity contribution < 1.29 is 69.4 Å².